The Morgan fingerprint density at radius 2 is 0.487 bits per heavy atom. The number of fused-ring (bicyclic) bond motifs is 6. The predicted octanol–water partition coefficient (Wildman–Crippen LogP) is 19.9. The van der Waals surface area contributed by atoms with E-state index in [9.17, 15) is 0 Å². The van der Waals surface area contributed by atoms with Gasteiger partial charge in [-0.15, -0.1) is 0 Å². The van der Waals surface area contributed by atoms with E-state index >= 15 is 0 Å². The van der Waals surface area contributed by atoms with Crippen molar-refractivity contribution in [2.75, 3.05) is 0 Å². The van der Waals surface area contributed by atoms with Gasteiger partial charge in [0.2, 0.25) is 0 Å². The van der Waals surface area contributed by atoms with Crippen molar-refractivity contribution >= 4 is 21.5 Å². The molecule has 0 atom stereocenters. The van der Waals surface area contributed by atoms with E-state index in [2.05, 4.69) is 273 Å². The lowest BCUT2D eigenvalue weighted by Crippen LogP contribution is -1.96. The second-order valence-corrected chi connectivity index (χ2v) is 20.9. The van der Waals surface area contributed by atoms with Crippen molar-refractivity contribution in [1.82, 2.24) is 19.9 Å². The summed E-state index contributed by atoms with van der Waals surface area (Å²) in [6.07, 6.45) is 0. The summed E-state index contributed by atoms with van der Waals surface area (Å²) in [7, 11) is 0. The number of benzene rings is 12. The molecule has 4 heteroatoms. The quantitative estimate of drug-likeness (QED) is 0.145. The zero-order valence-electron chi connectivity index (χ0n) is 43.3. The average Bonchev–Trinajstić information content (AvgIpc) is 4.27. The molecule has 4 nitrogen and oxygen atoms in total. The molecular weight excluding hydrogens is 969 g/mol. The highest BCUT2D eigenvalue weighted by Crippen LogP contribution is 2.51. The summed E-state index contributed by atoms with van der Waals surface area (Å²) in [6.45, 7) is 0. The largest absolute Gasteiger partial charge is 0.228 e. The molecule has 80 heavy (non-hydrogen) atoms. The molecule has 12 aromatic carbocycles. The standard InChI is InChI=1S/C76H46N4/c1-4-15-47(16-5-1)49-29-33-52(34-30-49)70-45-71(53-35-31-50(32-36-53)48-17-6-2-7-18-48)79-75(78-70)60-41-58-24-14-28-65-66-42-55(37-38-63(66)68(44-60)74(58)65)54-21-12-22-56(39-54)72-46-69(51-19-8-3-9-20-51)77-76(80-72)59-40-57-23-13-27-64-61-25-10-11-26-62(61)67(43-59)73(57)64/h1-46H. The molecule has 14 aromatic rings. The van der Waals surface area contributed by atoms with Crippen LogP contribution in [-0.2, 0) is 0 Å². The van der Waals surface area contributed by atoms with Crippen LogP contribution in [0.3, 0.4) is 0 Å². The highest BCUT2D eigenvalue weighted by atomic mass is 14.9. The molecule has 0 aliphatic heterocycles. The van der Waals surface area contributed by atoms with Gasteiger partial charge in [0.25, 0.3) is 0 Å². The molecule has 2 aromatic heterocycles. The normalized spacial score (nSPS) is 11.8. The van der Waals surface area contributed by atoms with Crippen LogP contribution in [0.15, 0.2) is 279 Å². The van der Waals surface area contributed by atoms with E-state index in [1.165, 1.54) is 71.8 Å². The Labute approximate surface area is 463 Å². The Kier molecular flexibility index (Phi) is 10.5. The third kappa shape index (κ3) is 7.76. The summed E-state index contributed by atoms with van der Waals surface area (Å²) < 4.78 is 0. The molecule has 0 unspecified atom stereocenters. The van der Waals surface area contributed by atoms with Crippen LogP contribution in [0.5, 0.6) is 0 Å². The molecule has 16 rings (SSSR count). The van der Waals surface area contributed by atoms with E-state index < -0.39 is 0 Å². The smallest absolute Gasteiger partial charge is 0.160 e. The minimum absolute atomic E-state index is 0.685. The van der Waals surface area contributed by atoms with Crippen LogP contribution in [-0.4, -0.2) is 19.9 Å². The first-order chi connectivity index (χ1) is 39.6. The van der Waals surface area contributed by atoms with Gasteiger partial charge in [-0.25, -0.2) is 19.9 Å². The Hall–Kier alpha value is -10.7. The van der Waals surface area contributed by atoms with Gasteiger partial charge >= 0.3 is 0 Å². The molecule has 2 heterocycles. The van der Waals surface area contributed by atoms with E-state index in [4.69, 9.17) is 19.9 Å². The Morgan fingerprint density at radius 3 is 1.01 bits per heavy atom. The first-order valence-corrected chi connectivity index (χ1v) is 27.3. The van der Waals surface area contributed by atoms with Crippen molar-refractivity contribution in [2.24, 2.45) is 0 Å². The second-order valence-electron chi connectivity index (χ2n) is 20.9. The van der Waals surface area contributed by atoms with Crippen molar-refractivity contribution < 1.29 is 0 Å². The summed E-state index contributed by atoms with van der Waals surface area (Å²) in [5.74, 6) is 1.38. The molecule has 0 amide bonds. The zero-order valence-corrected chi connectivity index (χ0v) is 43.3. The van der Waals surface area contributed by atoms with Crippen LogP contribution in [0.4, 0.5) is 0 Å². The van der Waals surface area contributed by atoms with Crippen molar-refractivity contribution in [3.05, 3.63) is 279 Å². The maximum Gasteiger partial charge on any atom is 0.160 e. The lowest BCUT2D eigenvalue weighted by atomic mass is 9.95. The highest BCUT2D eigenvalue weighted by Gasteiger charge is 2.26. The van der Waals surface area contributed by atoms with Crippen LogP contribution in [0, 0.1) is 0 Å². The minimum Gasteiger partial charge on any atom is -0.228 e. The summed E-state index contributed by atoms with van der Waals surface area (Å²) in [5, 5.41) is 4.88. The first-order valence-electron chi connectivity index (χ1n) is 27.3. The second kappa shape index (κ2) is 18.5. The SMILES string of the molecule is c1ccc(-c2ccc(-c3cc(-c4ccc(-c5ccccc5)cc4)nc(-c4cc5c6c(cccc6c4)-c4cc(-c6cccc(-c7cc(-c8ccccc8)nc(-c8cc9c%10c(cccc%10c8)-c8ccccc8-9)n7)c6)ccc4-5)n3)cc2)cc1. The number of hydrogen-bond acceptors (Lipinski definition) is 4. The van der Waals surface area contributed by atoms with Crippen molar-refractivity contribution in [3.8, 4) is 146 Å². The van der Waals surface area contributed by atoms with Crippen LogP contribution in [0.25, 0.3) is 167 Å². The van der Waals surface area contributed by atoms with Crippen molar-refractivity contribution in [1.29, 1.82) is 0 Å². The molecule has 0 saturated heterocycles. The molecule has 0 fully saturated rings. The molecule has 0 bridgehead atoms. The van der Waals surface area contributed by atoms with Gasteiger partial charge < -0.3 is 0 Å². The molecule has 370 valence electrons. The molecule has 0 saturated carbocycles. The molecule has 2 aliphatic carbocycles. The summed E-state index contributed by atoms with van der Waals surface area (Å²) in [4.78, 5) is 21.4. The highest BCUT2D eigenvalue weighted by molar-refractivity contribution is 6.18. The van der Waals surface area contributed by atoms with E-state index in [0.717, 1.165) is 83.8 Å². The maximum atomic E-state index is 5.39. The predicted molar refractivity (Wildman–Crippen MR) is 330 cm³/mol. The summed E-state index contributed by atoms with van der Waals surface area (Å²) in [5.41, 5.74) is 26.4. The van der Waals surface area contributed by atoms with Gasteiger partial charge in [-0.05, 0) is 148 Å². The molecular formula is C76H46N4. The van der Waals surface area contributed by atoms with Gasteiger partial charge in [-0.3, -0.25) is 0 Å². The van der Waals surface area contributed by atoms with Gasteiger partial charge in [0, 0.05) is 33.4 Å². The van der Waals surface area contributed by atoms with Crippen LogP contribution in [0.2, 0.25) is 0 Å². The molecule has 2 aliphatic rings. The molecule has 0 spiro atoms. The fourth-order valence-electron chi connectivity index (χ4n) is 12.3. The van der Waals surface area contributed by atoms with Crippen LogP contribution < -0.4 is 0 Å². The number of rotatable bonds is 9. The van der Waals surface area contributed by atoms with E-state index in [1.807, 2.05) is 6.07 Å². The maximum absolute atomic E-state index is 5.39. The van der Waals surface area contributed by atoms with Gasteiger partial charge in [-0.1, -0.05) is 231 Å². The number of hydrogen-bond donors (Lipinski definition) is 0. The van der Waals surface area contributed by atoms with Crippen molar-refractivity contribution in [2.45, 2.75) is 0 Å². The monoisotopic (exact) mass is 1010 g/mol. The lowest BCUT2D eigenvalue weighted by Gasteiger charge is -2.13. The fraction of sp³-hybridized carbons (Fsp3) is 0. The molecule has 0 N–H and O–H groups in total. The van der Waals surface area contributed by atoms with E-state index in [-0.39, 0.29) is 0 Å². The third-order valence-corrected chi connectivity index (χ3v) is 16.2. The minimum atomic E-state index is 0.685. The van der Waals surface area contributed by atoms with E-state index in [0.29, 0.717) is 11.6 Å². The Bertz CT molecular complexity index is 4680. The fourth-order valence-corrected chi connectivity index (χ4v) is 12.3. The van der Waals surface area contributed by atoms with Crippen LogP contribution >= 0.6 is 0 Å². The Balaban J connectivity index is 0.776. The van der Waals surface area contributed by atoms with Crippen molar-refractivity contribution in [3.63, 3.8) is 0 Å². The van der Waals surface area contributed by atoms with E-state index in [1.54, 1.807) is 0 Å². The lowest BCUT2D eigenvalue weighted by molar-refractivity contribution is 1.18. The number of nitrogens with zero attached hydrogens (tertiary/aromatic N) is 4. The molecule has 0 radical (unpaired) electrons. The van der Waals surface area contributed by atoms with Crippen LogP contribution in [0.1, 0.15) is 0 Å². The zero-order chi connectivity index (χ0) is 52.7. The average molecular weight is 1020 g/mol. The first kappa shape index (κ1) is 45.5. The van der Waals surface area contributed by atoms with Gasteiger partial charge in [0.1, 0.15) is 0 Å². The van der Waals surface area contributed by atoms with Gasteiger partial charge in [0.05, 0.1) is 22.8 Å². The Morgan fingerprint density at radius 1 is 0.163 bits per heavy atom. The number of aromatic nitrogens is 4. The topological polar surface area (TPSA) is 51.6 Å². The summed E-state index contributed by atoms with van der Waals surface area (Å²) in [6, 6.07) is 99.9. The summed E-state index contributed by atoms with van der Waals surface area (Å²) >= 11 is 0. The van der Waals surface area contributed by atoms with Gasteiger partial charge in [0.15, 0.2) is 11.6 Å². The third-order valence-electron chi connectivity index (χ3n) is 16.2. The van der Waals surface area contributed by atoms with Gasteiger partial charge in [-0.2, -0.15) is 0 Å².